The molecule has 0 atom stereocenters. The van der Waals surface area contributed by atoms with Crippen LogP contribution in [0.5, 0.6) is 0 Å². The van der Waals surface area contributed by atoms with Gasteiger partial charge in [0.05, 0.1) is 33.5 Å². The van der Waals surface area contributed by atoms with Crippen molar-refractivity contribution in [2.75, 3.05) is 5.73 Å². The molecule has 1 aliphatic carbocycles. The molecule has 0 aliphatic heterocycles. The van der Waals surface area contributed by atoms with E-state index in [9.17, 15) is 4.39 Å². The van der Waals surface area contributed by atoms with Gasteiger partial charge in [-0.2, -0.15) is 5.10 Å². The van der Waals surface area contributed by atoms with Crippen molar-refractivity contribution in [1.29, 1.82) is 0 Å². The summed E-state index contributed by atoms with van der Waals surface area (Å²) in [4.78, 5) is 8.62. The molecule has 1 aromatic carbocycles. The molecule has 1 saturated carbocycles. The number of fused-ring (bicyclic) bond motifs is 2. The molecule has 0 saturated heterocycles. The van der Waals surface area contributed by atoms with Gasteiger partial charge in [0, 0.05) is 28.9 Å². The number of rotatable bonds is 3. The van der Waals surface area contributed by atoms with Crippen molar-refractivity contribution in [2.45, 2.75) is 38.1 Å². The van der Waals surface area contributed by atoms with Gasteiger partial charge in [-0.05, 0) is 31.0 Å². The zero-order valence-corrected chi connectivity index (χ0v) is 17.5. The molecule has 6 nitrogen and oxygen atoms in total. The summed E-state index contributed by atoms with van der Waals surface area (Å²) < 4.78 is 23.7. The number of aromatic nitrogens is 4. The Morgan fingerprint density at radius 3 is 2.87 bits per heavy atom. The molecular formula is C23H20FN5OS. The quantitative estimate of drug-likeness (QED) is 0.367. The fraction of sp³-hybridized carbons (Fsp3) is 0.261. The topological polar surface area (TPSA) is 82.8 Å². The van der Waals surface area contributed by atoms with Gasteiger partial charge in [0.1, 0.15) is 11.6 Å². The van der Waals surface area contributed by atoms with Crippen LogP contribution >= 0.6 is 11.3 Å². The van der Waals surface area contributed by atoms with Gasteiger partial charge in [-0.15, -0.1) is 11.3 Å². The van der Waals surface area contributed by atoms with Crippen molar-refractivity contribution < 1.29 is 8.81 Å². The van der Waals surface area contributed by atoms with Crippen molar-refractivity contribution in [3.63, 3.8) is 0 Å². The monoisotopic (exact) mass is 433 g/mol. The van der Waals surface area contributed by atoms with Gasteiger partial charge in [0.2, 0.25) is 0 Å². The van der Waals surface area contributed by atoms with E-state index in [4.69, 9.17) is 10.2 Å². The minimum absolute atomic E-state index is 0.279. The molecule has 6 rings (SSSR count). The number of nitrogens with two attached hydrogens (primary N) is 1. The Morgan fingerprint density at radius 2 is 2.00 bits per heavy atom. The zero-order chi connectivity index (χ0) is 20.9. The first-order valence-corrected chi connectivity index (χ1v) is 11.3. The highest BCUT2D eigenvalue weighted by atomic mass is 32.1. The van der Waals surface area contributed by atoms with Gasteiger partial charge >= 0.3 is 0 Å². The van der Waals surface area contributed by atoms with Crippen LogP contribution in [-0.4, -0.2) is 19.7 Å². The number of nitrogens with zero attached hydrogens (tertiary/aromatic N) is 4. The van der Waals surface area contributed by atoms with Crippen LogP contribution in [0, 0.1) is 5.82 Å². The Balaban J connectivity index is 1.49. The molecule has 2 N–H and O–H groups in total. The Morgan fingerprint density at radius 1 is 1.13 bits per heavy atom. The molecule has 156 valence electrons. The van der Waals surface area contributed by atoms with Gasteiger partial charge in [-0.25, -0.2) is 14.4 Å². The van der Waals surface area contributed by atoms with Crippen molar-refractivity contribution in [2.24, 2.45) is 0 Å². The van der Waals surface area contributed by atoms with Crippen molar-refractivity contribution in [1.82, 2.24) is 19.7 Å². The standard InChI is InChI=1S/C23H20FN5OS/c24-17-6-7-18-22(31-12-27-18)20(17)19-8-15-16(10-26-23(25)21(15)30-19)13-9-28-29(11-13)14-4-2-1-3-5-14/h6-12,14H,1-5H2,(H2,25,26). The smallest absolute Gasteiger partial charge is 0.177 e. The summed E-state index contributed by atoms with van der Waals surface area (Å²) in [7, 11) is 0. The number of furan rings is 1. The summed E-state index contributed by atoms with van der Waals surface area (Å²) >= 11 is 1.39. The SMILES string of the molecule is Nc1ncc(-c2cnn(C3CCCCC3)c2)c2cc(-c3c(F)ccc4ncsc34)oc12. The van der Waals surface area contributed by atoms with Crippen LogP contribution in [0.15, 0.2) is 46.7 Å². The van der Waals surface area contributed by atoms with E-state index in [1.54, 1.807) is 17.8 Å². The summed E-state index contributed by atoms with van der Waals surface area (Å²) in [6.07, 6.45) is 11.8. The number of thiazole rings is 1. The highest BCUT2D eigenvalue weighted by Gasteiger charge is 2.21. The minimum atomic E-state index is -0.353. The van der Waals surface area contributed by atoms with Crippen LogP contribution in [0.4, 0.5) is 10.2 Å². The lowest BCUT2D eigenvalue weighted by Crippen LogP contribution is -2.12. The summed E-state index contributed by atoms with van der Waals surface area (Å²) in [6.45, 7) is 0. The van der Waals surface area contributed by atoms with E-state index in [1.165, 1.54) is 36.7 Å². The molecule has 0 bridgehead atoms. The molecule has 5 aromatic rings. The van der Waals surface area contributed by atoms with Crippen LogP contribution in [0.3, 0.4) is 0 Å². The molecule has 0 spiro atoms. The second-order valence-corrected chi connectivity index (χ2v) is 8.89. The maximum atomic E-state index is 14.8. The number of hydrogen-bond donors (Lipinski definition) is 1. The van der Waals surface area contributed by atoms with Crippen LogP contribution in [-0.2, 0) is 0 Å². The third-order valence-corrected chi connectivity index (χ3v) is 7.00. The lowest BCUT2D eigenvalue weighted by molar-refractivity contribution is 0.329. The summed E-state index contributed by atoms with van der Waals surface area (Å²) in [5.41, 5.74) is 11.2. The molecule has 1 aliphatic rings. The maximum absolute atomic E-state index is 14.8. The summed E-state index contributed by atoms with van der Waals surface area (Å²) in [6, 6.07) is 5.38. The number of nitrogen functional groups attached to an aromatic ring is 1. The average Bonchev–Trinajstić information content (AvgIpc) is 3.54. The van der Waals surface area contributed by atoms with Crippen molar-refractivity contribution in [3.05, 3.63) is 48.1 Å². The normalized spacial score (nSPS) is 15.3. The van der Waals surface area contributed by atoms with Gasteiger partial charge < -0.3 is 10.2 Å². The van der Waals surface area contributed by atoms with Crippen molar-refractivity contribution in [3.8, 4) is 22.5 Å². The van der Waals surface area contributed by atoms with Crippen LogP contribution in [0.1, 0.15) is 38.1 Å². The second kappa shape index (κ2) is 7.16. The molecule has 4 heterocycles. The van der Waals surface area contributed by atoms with Crippen LogP contribution < -0.4 is 5.73 Å². The number of benzene rings is 1. The molecule has 31 heavy (non-hydrogen) atoms. The minimum Gasteiger partial charge on any atom is -0.452 e. The molecule has 0 radical (unpaired) electrons. The van der Waals surface area contributed by atoms with Gasteiger partial charge in [-0.3, -0.25) is 4.68 Å². The number of halogens is 1. The zero-order valence-electron chi connectivity index (χ0n) is 16.7. The van der Waals surface area contributed by atoms with E-state index in [2.05, 4.69) is 25.9 Å². The van der Waals surface area contributed by atoms with Crippen molar-refractivity contribution >= 4 is 38.3 Å². The number of hydrogen-bond acceptors (Lipinski definition) is 6. The molecular weight excluding hydrogens is 413 g/mol. The van der Waals surface area contributed by atoms with E-state index in [0.717, 1.165) is 39.6 Å². The van der Waals surface area contributed by atoms with Gasteiger partial charge in [0.15, 0.2) is 11.4 Å². The molecule has 8 heteroatoms. The fourth-order valence-corrected chi connectivity index (χ4v) is 5.38. The molecule has 4 aromatic heterocycles. The molecule has 0 unspecified atom stereocenters. The fourth-order valence-electron chi connectivity index (χ4n) is 4.55. The lowest BCUT2D eigenvalue weighted by Gasteiger charge is -2.21. The van der Waals surface area contributed by atoms with E-state index >= 15 is 0 Å². The Hall–Kier alpha value is -3.26. The highest BCUT2D eigenvalue weighted by Crippen LogP contribution is 2.40. The van der Waals surface area contributed by atoms with Gasteiger partial charge in [-0.1, -0.05) is 19.3 Å². The first-order valence-electron chi connectivity index (χ1n) is 10.4. The Kier molecular flexibility index (Phi) is 4.27. The molecule has 0 amide bonds. The van der Waals surface area contributed by atoms with E-state index in [1.807, 2.05) is 12.3 Å². The van der Waals surface area contributed by atoms with E-state index < -0.39 is 0 Å². The largest absolute Gasteiger partial charge is 0.452 e. The van der Waals surface area contributed by atoms with E-state index in [-0.39, 0.29) is 11.6 Å². The van der Waals surface area contributed by atoms with Crippen LogP contribution in [0.25, 0.3) is 43.6 Å². The summed E-state index contributed by atoms with van der Waals surface area (Å²) in [5, 5.41) is 5.42. The summed E-state index contributed by atoms with van der Waals surface area (Å²) in [5.74, 6) is 0.346. The predicted octanol–water partition coefficient (Wildman–Crippen LogP) is 6.19. The van der Waals surface area contributed by atoms with Crippen LogP contribution in [0.2, 0.25) is 0 Å². The molecule has 1 fully saturated rings. The van der Waals surface area contributed by atoms with Gasteiger partial charge in [0.25, 0.3) is 0 Å². The number of pyridine rings is 1. The highest BCUT2D eigenvalue weighted by molar-refractivity contribution is 7.17. The predicted molar refractivity (Wildman–Crippen MR) is 120 cm³/mol. The Bertz CT molecular complexity index is 1410. The third kappa shape index (κ3) is 3.01. The lowest BCUT2D eigenvalue weighted by atomic mass is 9.96. The second-order valence-electron chi connectivity index (χ2n) is 8.03. The third-order valence-electron chi connectivity index (χ3n) is 6.14. The maximum Gasteiger partial charge on any atom is 0.177 e. The number of anilines is 1. The van der Waals surface area contributed by atoms with E-state index in [0.29, 0.717) is 22.9 Å². The first-order chi connectivity index (χ1) is 15.2. The Labute approximate surface area is 181 Å². The first kappa shape index (κ1) is 18.5. The average molecular weight is 434 g/mol.